The molecule has 2 aromatic heterocycles. The number of imidazole rings is 1. The second-order valence-corrected chi connectivity index (χ2v) is 7.62. The number of nitrogen functional groups attached to an aromatic ring is 1. The summed E-state index contributed by atoms with van der Waals surface area (Å²) in [5.41, 5.74) is 6.32. The summed E-state index contributed by atoms with van der Waals surface area (Å²) in [5.74, 6) is 0.0134. The summed E-state index contributed by atoms with van der Waals surface area (Å²) in [6, 6.07) is 5.23. The van der Waals surface area contributed by atoms with Gasteiger partial charge in [0, 0.05) is 12.7 Å². The zero-order chi connectivity index (χ0) is 15.0. The molecule has 0 aliphatic carbocycles. The van der Waals surface area contributed by atoms with E-state index in [0.29, 0.717) is 12.2 Å². The van der Waals surface area contributed by atoms with Gasteiger partial charge in [0.25, 0.3) is 10.0 Å². The summed E-state index contributed by atoms with van der Waals surface area (Å²) < 4.78 is 28.8. The van der Waals surface area contributed by atoms with Gasteiger partial charge in [0.2, 0.25) is 0 Å². The van der Waals surface area contributed by atoms with E-state index >= 15 is 0 Å². The SMILES string of the molecule is CC(C)(C)CCNS(=O)(=O)c1c(N)nc2ccccn12. The third-order valence-electron chi connectivity index (χ3n) is 2.93. The highest BCUT2D eigenvalue weighted by atomic mass is 32.2. The number of hydrogen-bond acceptors (Lipinski definition) is 4. The lowest BCUT2D eigenvalue weighted by atomic mass is 9.93. The van der Waals surface area contributed by atoms with Crippen LogP contribution in [0, 0.1) is 5.41 Å². The fourth-order valence-electron chi connectivity index (χ4n) is 1.89. The molecule has 0 saturated carbocycles. The van der Waals surface area contributed by atoms with Crippen LogP contribution >= 0.6 is 0 Å². The predicted molar refractivity (Wildman–Crippen MR) is 78.9 cm³/mol. The van der Waals surface area contributed by atoms with Gasteiger partial charge in [0.1, 0.15) is 5.65 Å². The molecule has 3 N–H and O–H groups in total. The van der Waals surface area contributed by atoms with Crippen molar-refractivity contribution >= 4 is 21.5 Å². The van der Waals surface area contributed by atoms with Gasteiger partial charge in [0.15, 0.2) is 10.8 Å². The Balaban J connectivity index is 2.30. The van der Waals surface area contributed by atoms with Gasteiger partial charge in [-0.3, -0.25) is 4.40 Å². The molecule has 0 unspecified atom stereocenters. The van der Waals surface area contributed by atoms with Gasteiger partial charge in [-0.1, -0.05) is 26.8 Å². The first-order valence-corrected chi connectivity index (χ1v) is 7.91. The van der Waals surface area contributed by atoms with E-state index in [1.165, 1.54) is 4.40 Å². The van der Waals surface area contributed by atoms with Crippen LogP contribution in [0.25, 0.3) is 5.65 Å². The van der Waals surface area contributed by atoms with E-state index in [1.807, 2.05) is 0 Å². The van der Waals surface area contributed by atoms with E-state index in [2.05, 4.69) is 30.5 Å². The van der Waals surface area contributed by atoms with Crippen molar-refractivity contribution in [2.45, 2.75) is 32.2 Å². The van der Waals surface area contributed by atoms with Crippen LogP contribution in [-0.2, 0) is 10.0 Å². The summed E-state index contributed by atoms with van der Waals surface area (Å²) in [7, 11) is -3.67. The largest absolute Gasteiger partial charge is 0.381 e. The molecule has 0 aliphatic rings. The van der Waals surface area contributed by atoms with Crippen LogP contribution in [0.3, 0.4) is 0 Å². The highest BCUT2D eigenvalue weighted by Crippen LogP contribution is 2.21. The normalized spacial score (nSPS) is 12.9. The van der Waals surface area contributed by atoms with Crippen molar-refractivity contribution in [3.63, 3.8) is 0 Å². The topological polar surface area (TPSA) is 89.5 Å². The van der Waals surface area contributed by atoms with E-state index < -0.39 is 10.0 Å². The second-order valence-electron chi connectivity index (χ2n) is 5.94. The number of nitrogens with zero attached hydrogens (tertiary/aromatic N) is 2. The van der Waals surface area contributed by atoms with Gasteiger partial charge >= 0.3 is 0 Å². The fraction of sp³-hybridized carbons (Fsp3) is 0.462. The Labute approximate surface area is 119 Å². The lowest BCUT2D eigenvalue weighted by Gasteiger charge is -2.18. The molecule has 2 aromatic rings. The molecule has 0 spiro atoms. The van der Waals surface area contributed by atoms with Gasteiger partial charge < -0.3 is 5.73 Å². The molecule has 0 aliphatic heterocycles. The maximum absolute atomic E-state index is 12.4. The summed E-state index contributed by atoms with van der Waals surface area (Å²) >= 11 is 0. The van der Waals surface area contributed by atoms with Gasteiger partial charge in [-0.15, -0.1) is 0 Å². The molecule has 0 bridgehead atoms. The van der Waals surface area contributed by atoms with Crippen molar-refractivity contribution in [3.05, 3.63) is 24.4 Å². The van der Waals surface area contributed by atoms with Crippen LogP contribution in [-0.4, -0.2) is 24.3 Å². The summed E-state index contributed by atoms with van der Waals surface area (Å²) in [4.78, 5) is 4.06. The number of pyridine rings is 1. The zero-order valence-electron chi connectivity index (χ0n) is 11.9. The first kappa shape index (κ1) is 14.8. The van der Waals surface area contributed by atoms with Crippen LogP contribution in [0.4, 0.5) is 5.82 Å². The van der Waals surface area contributed by atoms with Crippen LogP contribution in [0.1, 0.15) is 27.2 Å². The quantitative estimate of drug-likeness (QED) is 0.897. The molecule has 0 fully saturated rings. The highest BCUT2D eigenvalue weighted by molar-refractivity contribution is 7.89. The molecule has 0 atom stereocenters. The lowest BCUT2D eigenvalue weighted by molar-refractivity contribution is 0.378. The molecule has 0 saturated heterocycles. The second kappa shape index (κ2) is 5.06. The van der Waals surface area contributed by atoms with E-state index in [9.17, 15) is 8.42 Å². The maximum Gasteiger partial charge on any atom is 0.260 e. The Bertz CT molecular complexity index is 714. The van der Waals surface area contributed by atoms with Crippen LogP contribution in [0.2, 0.25) is 0 Å². The molecule has 110 valence electrons. The van der Waals surface area contributed by atoms with Gasteiger partial charge in [-0.2, -0.15) is 0 Å². The lowest BCUT2D eigenvalue weighted by Crippen LogP contribution is -2.29. The van der Waals surface area contributed by atoms with E-state index in [0.717, 1.165) is 6.42 Å². The molecule has 2 heterocycles. The smallest absolute Gasteiger partial charge is 0.260 e. The summed E-state index contributed by atoms with van der Waals surface area (Å²) in [5, 5.41) is 0.00186. The number of hydrogen-bond donors (Lipinski definition) is 2. The molecular weight excluding hydrogens is 276 g/mol. The van der Waals surface area contributed by atoms with Gasteiger partial charge in [-0.05, 0) is 24.0 Å². The molecule has 20 heavy (non-hydrogen) atoms. The van der Waals surface area contributed by atoms with Gasteiger partial charge in [0.05, 0.1) is 0 Å². The van der Waals surface area contributed by atoms with Crippen molar-refractivity contribution in [2.75, 3.05) is 12.3 Å². The Morgan fingerprint density at radius 2 is 2.05 bits per heavy atom. The number of fused-ring (bicyclic) bond motifs is 1. The first-order chi connectivity index (χ1) is 9.21. The number of nitrogens with one attached hydrogen (secondary N) is 1. The Morgan fingerprint density at radius 3 is 2.70 bits per heavy atom. The van der Waals surface area contributed by atoms with Crippen molar-refractivity contribution in [1.82, 2.24) is 14.1 Å². The first-order valence-electron chi connectivity index (χ1n) is 6.43. The summed E-state index contributed by atoms with van der Waals surface area (Å²) in [6.45, 7) is 6.54. The van der Waals surface area contributed by atoms with Crippen LogP contribution in [0.5, 0.6) is 0 Å². The Kier molecular flexibility index (Phi) is 3.75. The van der Waals surface area contributed by atoms with E-state index in [1.54, 1.807) is 24.4 Å². The summed E-state index contributed by atoms with van der Waals surface area (Å²) in [6.07, 6.45) is 2.37. The van der Waals surface area contributed by atoms with E-state index in [4.69, 9.17) is 5.73 Å². The number of aromatic nitrogens is 2. The van der Waals surface area contributed by atoms with Gasteiger partial charge in [-0.25, -0.2) is 18.1 Å². The third kappa shape index (κ3) is 3.10. The van der Waals surface area contributed by atoms with Crippen LogP contribution in [0.15, 0.2) is 29.4 Å². The fourth-order valence-corrected chi connectivity index (χ4v) is 3.13. The number of anilines is 1. The number of rotatable bonds is 4. The Morgan fingerprint density at radius 1 is 1.35 bits per heavy atom. The standard InChI is InChI=1S/C13H20N4O2S/c1-13(2,3)7-8-15-20(18,19)12-11(14)16-10-6-4-5-9-17(10)12/h4-6,9,15H,7-8,14H2,1-3H3. The minimum Gasteiger partial charge on any atom is -0.381 e. The van der Waals surface area contributed by atoms with Crippen molar-refractivity contribution < 1.29 is 8.42 Å². The highest BCUT2D eigenvalue weighted by Gasteiger charge is 2.24. The molecule has 7 heteroatoms. The monoisotopic (exact) mass is 296 g/mol. The van der Waals surface area contributed by atoms with Crippen molar-refractivity contribution in [1.29, 1.82) is 0 Å². The molecule has 2 rings (SSSR count). The predicted octanol–water partition coefficient (Wildman–Crippen LogP) is 1.63. The molecule has 0 amide bonds. The molecular formula is C13H20N4O2S. The Hall–Kier alpha value is -1.60. The average Bonchev–Trinajstić information content (AvgIpc) is 2.63. The average molecular weight is 296 g/mol. The number of sulfonamides is 1. The van der Waals surface area contributed by atoms with E-state index in [-0.39, 0.29) is 16.3 Å². The minimum absolute atomic E-state index is 0.00186. The zero-order valence-corrected chi connectivity index (χ0v) is 12.7. The minimum atomic E-state index is -3.67. The van der Waals surface area contributed by atoms with Crippen molar-refractivity contribution in [2.24, 2.45) is 5.41 Å². The molecule has 0 radical (unpaired) electrons. The van der Waals surface area contributed by atoms with Crippen LogP contribution < -0.4 is 10.5 Å². The molecule has 6 nitrogen and oxygen atoms in total. The van der Waals surface area contributed by atoms with Crippen molar-refractivity contribution in [3.8, 4) is 0 Å². The molecule has 0 aromatic carbocycles. The number of nitrogens with two attached hydrogens (primary N) is 1. The maximum atomic E-state index is 12.4. The third-order valence-corrected chi connectivity index (χ3v) is 4.43.